The van der Waals surface area contributed by atoms with Crippen LogP contribution in [-0.2, 0) is 4.57 Å². The Kier molecular flexibility index (Phi) is 6.46. The van der Waals surface area contributed by atoms with Crippen molar-refractivity contribution in [1.29, 1.82) is 0 Å². The molecule has 3 nitrogen and oxygen atoms in total. The summed E-state index contributed by atoms with van der Waals surface area (Å²) in [5.41, 5.74) is 9.14. The van der Waals surface area contributed by atoms with Crippen LogP contribution in [0.4, 0.5) is 17.1 Å². The fourth-order valence-electron chi connectivity index (χ4n) is 8.00. The molecule has 50 heavy (non-hydrogen) atoms. The molecule has 10 rings (SSSR count). The molecule has 0 saturated carbocycles. The molecule has 0 unspecified atom stereocenters. The average Bonchev–Trinajstić information content (AvgIpc) is 3.53. The molecule has 2 heterocycles. The molecule has 1 aliphatic rings. The van der Waals surface area contributed by atoms with Gasteiger partial charge in [0.25, 0.3) is 0 Å². The van der Waals surface area contributed by atoms with Crippen LogP contribution >= 0.6 is 7.14 Å². The van der Waals surface area contributed by atoms with Gasteiger partial charge < -0.3 is 14.0 Å². The number of aromatic nitrogens is 1. The smallest absolute Gasteiger partial charge is 0.171 e. The van der Waals surface area contributed by atoms with E-state index in [1.807, 2.05) is 60.7 Å². The van der Waals surface area contributed by atoms with E-state index in [1.54, 1.807) is 0 Å². The lowest BCUT2D eigenvalue weighted by Gasteiger charge is -2.33. The highest BCUT2D eigenvalue weighted by molar-refractivity contribution is 7.85. The lowest BCUT2D eigenvalue weighted by molar-refractivity contribution is 0.592. The first kappa shape index (κ1) is 28.8. The van der Waals surface area contributed by atoms with Crippen molar-refractivity contribution >= 4 is 72.7 Å². The Balaban J connectivity index is 1.23. The molecule has 1 aromatic heterocycles. The Morgan fingerprint density at radius 2 is 1.02 bits per heavy atom. The van der Waals surface area contributed by atoms with Gasteiger partial charge in [0.1, 0.15) is 0 Å². The first-order valence-electron chi connectivity index (χ1n) is 17.0. The Labute approximate surface area is 290 Å². The standard InChI is InChI=1S/C46H31N2OP/c49-50(34-17-6-2-7-18-34,35-19-8-3-9-20-35)45-28-14-23-37-36(22-12-24-39(37)45)32-29-30-42-44(31-32)47(33-15-4-1-5-16-33)43-27-13-25-40-38-21-10-11-26-41(38)48(42)46(40)43/h1-31H. The molecule has 0 amide bonds. The zero-order chi connectivity index (χ0) is 33.2. The van der Waals surface area contributed by atoms with Crippen LogP contribution < -0.4 is 20.8 Å². The summed E-state index contributed by atoms with van der Waals surface area (Å²) in [6.45, 7) is 0. The van der Waals surface area contributed by atoms with Crippen LogP contribution in [0.3, 0.4) is 0 Å². The number of para-hydroxylation sites is 3. The van der Waals surface area contributed by atoms with E-state index in [9.17, 15) is 0 Å². The molecule has 0 fully saturated rings. The van der Waals surface area contributed by atoms with E-state index in [0.717, 1.165) is 60.6 Å². The molecule has 0 aliphatic carbocycles. The quantitative estimate of drug-likeness (QED) is 0.172. The van der Waals surface area contributed by atoms with E-state index in [-0.39, 0.29) is 0 Å². The molecule has 8 aromatic carbocycles. The molecule has 4 heteroatoms. The maximum atomic E-state index is 15.6. The summed E-state index contributed by atoms with van der Waals surface area (Å²) in [4.78, 5) is 2.40. The second-order valence-electron chi connectivity index (χ2n) is 12.9. The third-order valence-electron chi connectivity index (χ3n) is 10.2. The fraction of sp³-hybridized carbons (Fsp3) is 0. The van der Waals surface area contributed by atoms with Crippen LogP contribution in [-0.4, -0.2) is 4.57 Å². The lowest BCUT2D eigenvalue weighted by Crippen LogP contribution is -2.25. The molecule has 9 aromatic rings. The van der Waals surface area contributed by atoms with Crippen molar-refractivity contribution in [3.05, 3.63) is 188 Å². The second kappa shape index (κ2) is 11.2. The second-order valence-corrected chi connectivity index (χ2v) is 15.6. The van der Waals surface area contributed by atoms with E-state index in [2.05, 4.69) is 137 Å². The van der Waals surface area contributed by atoms with Crippen LogP contribution in [0.2, 0.25) is 0 Å². The molecule has 0 N–H and O–H groups in total. The Bertz CT molecular complexity index is 2750. The average molecular weight is 659 g/mol. The van der Waals surface area contributed by atoms with Crippen molar-refractivity contribution in [3.8, 4) is 16.8 Å². The Morgan fingerprint density at radius 3 is 1.78 bits per heavy atom. The SMILES string of the molecule is O=P(c1ccccc1)(c1ccccc1)c1cccc2c(-c3ccc4c(c3)N(c3ccccc3)c3cccc5c6ccccc6n-4c35)cccc12. The van der Waals surface area contributed by atoms with E-state index >= 15 is 4.57 Å². The first-order chi connectivity index (χ1) is 24.7. The summed E-state index contributed by atoms with van der Waals surface area (Å²) >= 11 is 0. The summed E-state index contributed by atoms with van der Waals surface area (Å²) in [5.74, 6) is 0. The van der Waals surface area contributed by atoms with Crippen LogP contribution in [0.5, 0.6) is 0 Å². The normalized spacial score (nSPS) is 12.4. The van der Waals surface area contributed by atoms with Crippen molar-refractivity contribution in [1.82, 2.24) is 4.57 Å². The van der Waals surface area contributed by atoms with Gasteiger partial charge in [-0.05, 0) is 58.3 Å². The van der Waals surface area contributed by atoms with Gasteiger partial charge in [0.05, 0.1) is 28.1 Å². The van der Waals surface area contributed by atoms with Crippen LogP contribution in [0.15, 0.2) is 188 Å². The predicted molar refractivity (Wildman–Crippen MR) is 211 cm³/mol. The third-order valence-corrected chi connectivity index (χ3v) is 13.3. The minimum absolute atomic E-state index is 0.834. The van der Waals surface area contributed by atoms with Crippen molar-refractivity contribution < 1.29 is 4.57 Å². The number of fused-ring (bicyclic) bond motifs is 6. The van der Waals surface area contributed by atoms with Crippen molar-refractivity contribution in [2.75, 3.05) is 4.90 Å². The Morgan fingerprint density at radius 1 is 0.420 bits per heavy atom. The highest BCUT2D eigenvalue weighted by Gasteiger charge is 2.32. The molecule has 0 saturated heterocycles. The molecule has 236 valence electrons. The predicted octanol–water partition coefficient (Wildman–Crippen LogP) is 11.0. The van der Waals surface area contributed by atoms with E-state index in [1.165, 1.54) is 21.8 Å². The van der Waals surface area contributed by atoms with Gasteiger partial charge in [0, 0.05) is 32.4 Å². The summed E-state index contributed by atoms with van der Waals surface area (Å²) in [7, 11) is -3.19. The van der Waals surface area contributed by atoms with E-state index in [0.29, 0.717) is 0 Å². The first-order valence-corrected chi connectivity index (χ1v) is 18.7. The van der Waals surface area contributed by atoms with Gasteiger partial charge in [-0.1, -0.05) is 152 Å². The number of anilines is 3. The van der Waals surface area contributed by atoms with E-state index < -0.39 is 7.14 Å². The summed E-state index contributed by atoms with van der Waals surface area (Å²) < 4.78 is 18.0. The zero-order valence-electron chi connectivity index (χ0n) is 27.1. The van der Waals surface area contributed by atoms with Crippen LogP contribution in [0, 0.1) is 0 Å². The fourth-order valence-corrected chi connectivity index (χ4v) is 10.9. The topological polar surface area (TPSA) is 25.2 Å². The molecule has 1 aliphatic heterocycles. The van der Waals surface area contributed by atoms with Gasteiger partial charge in [0.15, 0.2) is 7.14 Å². The van der Waals surface area contributed by atoms with Crippen molar-refractivity contribution in [2.45, 2.75) is 0 Å². The van der Waals surface area contributed by atoms with Gasteiger partial charge in [0.2, 0.25) is 0 Å². The number of nitrogens with zero attached hydrogens (tertiary/aromatic N) is 2. The largest absolute Gasteiger partial charge is 0.309 e. The van der Waals surface area contributed by atoms with Crippen molar-refractivity contribution in [3.63, 3.8) is 0 Å². The molecule has 0 atom stereocenters. The van der Waals surface area contributed by atoms with Gasteiger partial charge in [-0.2, -0.15) is 0 Å². The molecule has 0 radical (unpaired) electrons. The highest BCUT2D eigenvalue weighted by atomic mass is 31.2. The molecule has 0 bridgehead atoms. The van der Waals surface area contributed by atoms with Crippen LogP contribution in [0.25, 0.3) is 49.4 Å². The molecule has 0 spiro atoms. The van der Waals surface area contributed by atoms with Gasteiger partial charge in [-0.15, -0.1) is 0 Å². The zero-order valence-corrected chi connectivity index (χ0v) is 28.0. The van der Waals surface area contributed by atoms with E-state index in [4.69, 9.17) is 0 Å². The number of hydrogen-bond donors (Lipinski definition) is 0. The molecular weight excluding hydrogens is 627 g/mol. The minimum atomic E-state index is -3.19. The van der Waals surface area contributed by atoms with Gasteiger partial charge in [-0.3, -0.25) is 0 Å². The summed E-state index contributed by atoms with van der Waals surface area (Å²) in [5, 5.41) is 7.10. The maximum Gasteiger partial charge on any atom is 0.171 e. The van der Waals surface area contributed by atoms with Gasteiger partial charge in [-0.25, -0.2) is 0 Å². The lowest BCUT2D eigenvalue weighted by atomic mass is 9.96. The number of benzene rings is 8. The van der Waals surface area contributed by atoms with Crippen molar-refractivity contribution in [2.24, 2.45) is 0 Å². The monoisotopic (exact) mass is 658 g/mol. The Hall–Kier alpha value is -6.15. The maximum absolute atomic E-state index is 15.6. The number of hydrogen-bond acceptors (Lipinski definition) is 2. The molecular formula is C46H31N2OP. The summed E-state index contributed by atoms with van der Waals surface area (Å²) in [6.07, 6.45) is 0. The summed E-state index contributed by atoms with van der Waals surface area (Å²) in [6, 6.07) is 65.4. The third kappa shape index (κ3) is 4.14. The minimum Gasteiger partial charge on any atom is -0.309 e. The van der Waals surface area contributed by atoms with Crippen LogP contribution in [0.1, 0.15) is 0 Å². The number of rotatable bonds is 5. The highest BCUT2D eigenvalue weighted by Crippen LogP contribution is 2.51. The van der Waals surface area contributed by atoms with Gasteiger partial charge >= 0.3 is 0 Å².